The average Bonchev–Trinajstić information content (AvgIpc) is 3.04. The van der Waals surface area contributed by atoms with Crippen molar-refractivity contribution in [2.24, 2.45) is 0 Å². The number of carbonyl (C=O) groups is 2. The van der Waals surface area contributed by atoms with Crippen LogP contribution in [0.3, 0.4) is 0 Å². The van der Waals surface area contributed by atoms with Gasteiger partial charge in [0.15, 0.2) is 11.5 Å². The normalized spacial score (nSPS) is 20.5. The molecule has 2 aromatic heterocycles. The van der Waals surface area contributed by atoms with E-state index in [1.807, 2.05) is 12.1 Å². The number of anilines is 3. The first-order valence-electron chi connectivity index (χ1n) is 9.65. The molecule has 2 amide bonds. The van der Waals surface area contributed by atoms with E-state index >= 15 is 0 Å². The molecular weight excluding hydrogens is 358 g/mol. The highest BCUT2D eigenvalue weighted by molar-refractivity contribution is 6.04. The van der Waals surface area contributed by atoms with Crippen molar-refractivity contribution in [3.8, 4) is 0 Å². The predicted molar refractivity (Wildman–Crippen MR) is 104 cm³/mol. The van der Waals surface area contributed by atoms with Crippen molar-refractivity contribution in [1.82, 2.24) is 9.97 Å². The quantitative estimate of drug-likeness (QED) is 0.850. The number of rotatable bonds is 3. The molecule has 144 valence electrons. The summed E-state index contributed by atoms with van der Waals surface area (Å²) in [4.78, 5) is 36.8. The van der Waals surface area contributed by atoms with Gasteiger partial charge in [0.05, 0.1) is 11.7 Å². The molecule has 0 aromatic carbocycles. The van der Waals surface area contributed by atoms with Crippen LogP contribution in [0.15, 0.2) is 30.5 Å². The van der Waals surface area contributed by atoms with Crippen LogP contribution in [0.25, 0.3) is 0 Å². The van der Waals surface area contributed by atoms with E-state index in [9.17, 15) is 14.7 Å². The van der Waals surface area contributed by atoms with Gasteiger partial charge in [-0.05, 0) is 55.0 Å². The second-order valence-electron chi connectivity index (χ2n) is 7.64. The van der Waals surface area contributed by atoms with Crippen molar-refractivity contribution < 1.29 is 14.7 Å². The van der Waals surface area contributed by atoms with E-state index in [1.165, 1.54) is 30.9 Å². The summed E-state index contributed by atoms with van der Waals surface area (Å²) < 4.78 is 0. The van der Waals surface area contributed by atoms with Crippen LogP contribution >= 0.6 is 0 Å². The highest BCUT2D eigenvalue weighted by Gasteiger charge is 2.40. The number of aromatic nitrogens is 2. The maximum absolute atomic E-state index is 13.1. The zero-order valence-corrected chi connectivity index (χ0v) is 15.3. The van der Waals surface area contributed by atoms with Crippen LogP contribution in [0.5, 0.6) is 0 Å². The van der Waals surface area contributed by atoms with Crippen LogP contribution in [0.4, 0.5) is 22.1 Å². The molecule has 5 rings (SSSR count). The molecule has 0 radical (unpaired) electrons. The number of fused-ring (bicyclic) bond motifs is 4. The lowest BCUT2D eigenvalue weighted by molar-refractivity contribution is 0.0690. The van der Waals surface area contributed by atoms with E-state index < -0.39 is 5.97 Å². The van der Waals surface area contributed by atoms with E-state index in [0.29, 0.717) is 17.6 Å². The number of nitrogens with one attached hydrogen (secondary N) is 1. The van der Waals surface area contributed by atoms with Gasteiger partial charge in [-0.3, -0.25) is 10.2 Å². The van der Waals surface area contributed by atoms with Gasteiger partial charge in [-0.1, -0.05) is 6.42 Å². The van der Waals surface area contributed by atoms with Gasteiger partial charge in [0.1, 0.15) is 5.82 Å². The zero-order valence-electron chi connectivity index (χ0n) is 15.3. The molecule has 2 aliphatic heterocycles. The first kappa shape index (κ1) is 17.0. The van der Waals surface area contributed by atoms with Gasteiger partial charge in [0.2, 0.25) is 0 Å². The SMILES string of the molecule is O=C(O)c1ccc2c(n1)N(C(=O)Nc1cc(C3CCC3)ccn1)[C@H]1CCN2C1. The van der Waals surface area contributed by atoms with Crippen LogP contribution in [-0.2, 0) is 0 Å². The molecule has 0 spiro atoms. The minimum atomic E-state index is -1.11. The van der Waals surface area contributed by atoms with Gasteiger partial charge in [0, 0.05) is 19.3 Å². The third-order valence-corrected chi connectivity index (χ3v) is 5.99. The summed E-state index contributed by atoms with van der Waals surface area (Å²) in [5.41, 5.74) is 1.93. The van der Waals surface area contributed by atoms with E-state index in [-0.39, 0.29) is 17.8 Å². The van der Waals surface area contributed by atoms with Crippen molar-refractivity contribution >= 4 is 29.3 Å². The summed E-state index contributed by atoms with van der Waals surface area (Å²) in [6, 6.07) is 6.82. The summed E-state index contributed by atoms with van der Waals surface area (Å²) in [6.07, 6.45) is 6.15. The molecule has 1 atom stereocenters. The number of carbonyl (C=O) groups excluding carboxylic acids is 1. The van der Waals surface area contributed by atoms with Crippen LogP contribution in [-0.4, -0.2) is 46.2 Å². The Balaban J connectivity index is 1.45. The van der Waals surface area contributed by atoms with Gasteiger partial charge in [-0.2, -0.15) is 0 Å². The Morgan fingerprint density at radius 3 is 2.79 bits per heavy atom. The monoisotopic (exact) mass is 379 g/mol. The number of nitrogens with zero attached hydrogens (tertiary/aromatic N) is 4. The smallest absolute Gasteiger partial charge is 0.354 e. The summed E-state index contributed by atoms with van der Waals surface area (Å²) >= 11 is 0. The molecule has 1 saturated carbocycles. The van der Waals surface area contributed by atoms with Crippen molar-refractivity contribution in [2.45, 2.75) is 37.6 Å². The first-order chi connectivity index (χ1) is 13.6. The van der Waals surface area contributed by atoms with Crippen LogP contribution < -0.4 is 15.1 Å². The Kier molecular flexibility index (Phi) is 3.92. The lowest BCUT2D eigenvalue weighted by atomic mass is 9.80. The Morgan fingerprint density at radius 2 is 2.04 bits per heavy atom. The van der Waals surface area contributed by atoms with Gasteiger partial charge < -0.3 is 10.0 Å². The van der Waals surface area contributed by atoms with E-state index in [2.05, 4.69) is 20.2 Å². The number of aromatic carboxylic acids is 1. The Bertz CT molecular complexity index is 959. The highest BCUT2D eigenvalue weighted by atomic mass is 16.4. The number of hydrogen-bond acceptors (Lipinski definition) is 5. The maximum Gasteiger partial charge on any atom is 0.354 e. The number of carboxylic acids is 1. The van der Waals surface area contributed by atoms with Crippen molar-refractivity contribution in [2.75, 3.05) is 28.2 Å². The minimum absolute atomic E-state index is 0.0288. The molecule has 8 heteroatoms. The number of hydrogen-bond donors (Lipinski definition) is 2. The Hall–Kier alpha value is -3.16. The average molecular weight is 379 g/mol. The third-order valence-electron chi connectivity index (χ3n) is 5.99. The molecule has 28 heavy (non-hydrogen) atoms. The molecule has 4 heterocycles. The number of urea groups is 1. The molecular formula is C20H21N5O3. The maximum atomic E-state index is 13.1. The van der Waals surface area contributed by atoms with Gasteiger partial charge in [0.25, 0.3) is 0 Å². The molecule has 3 aliphatic rings. The summed E-state index contributed by atoms with van der Waals surface area (Å²) in [5.74, 6) is 0.371. The summed E-state index contributed by atoms with van der Waals surface area (Å²) in [5, 5.41) is 12.2. The number of amides is 2. The molecule has 1 saturated heterocycles. The molecule has 0 unspecified atom stereocenters. The first-order valence-corrected chi connectivity index (χ1v) is 9.65. The largest absolute Gasteiger partial charge is 0.477 e. The zero-order chi connectivity index (χ0) is 19.3. The van der Waals surface area contributed by atoms with Crippen LogP contribution in [0.2, 0.25) is 0 Å². The van der Waals surface area contributed by atoms with Gasteiger partial charge in [-0.25, -0.2) is 19.6 Å². The molecule has 2 aromatic rings. The Labute approximate surface area is 162 Å². The molecule has 2 bridgehead atoms. The van der Waals surface area contributed by atoms with E-state index in [1.54, 1.807) is 17.2 Å². The second kappa shape index (κ2) is 6.47. The number of pyridine rings is 2. The van der Waals surface area contributed by atoms with E-state index in [4.69, 9.17) is 0 Å². The second-order valence-corrected chi connectivity index (χ2v) is 7.64. The third kappa shape index (κ3) is 2.76. The minimum Gasteiger partial charge on any atom is -0.477 e. The fourth-order valence-electron chi connectivity index (χ4n) is 4.27. The van der Waals surface area contributed by atoms with Crippen LogP contribution in [0, 0.1) is 0 Å². The summed E-state index contributed by atoms with van der Waals surface area (Å²) in [7, 11) is 0. The fraction of sp³-hybridized carbons (Fsp3) is 0.400. The van der Waals surface area contributed by atoms with Crippen molar-refractivity contribution in [1.29, 1.82) is 0 Å². The summed E-state index contributed by atoms with van der Waals surface area (Å²) in [6.45, 7) is 1.55. The molecule has 2 N–H and O–H groups in total. The van der Waals surface area contributed by atoms with E-state index in [0.717, 1.165) is 25.2 Å². The van der Waals surface area contributed by atoms with Crippen LogP contribution in [0.1, 0.15) is 47.7 Å². The molecule has 8 nitrogen and oxygen atoms in total. The standard InChI is InChI=1S/C20H21N5O3/c26-19(27)15-4-5-16-18(22-15)25(14-7-9-24(16)11-14)20(28)23-17-10-13(6-8-21-17)12-2-1-3-12/h4-6,8,10,12,14H,1-3,7,9,11H2,(H,26,27)(H,21,23,28)/t14-/m0/s1. The van der Waals surface area contributed by atoms with Crippen molar-refractivity contribution in [3.05, 3.63) is 41.7 Å². The Morgan fingerprint density at radius 1 is 1.18 bits per heavy atom. The lowest BCUT2D eigenvalue weighted by Crippen LogP contribution is -2.48. The lowest BCUT2D eigenvalue weighted by Gasteiger charge is -2.35. The predicted octanol–water partition coefficient (Wildman–Crippen LogP) is 3.07. The highest BCUT2D eigenvalue weighted by Crippen LogP contribution is 2.39. The topological polar surface area (TPSA) is 98.7 Å². The molecule has 1 aliphatic carbocycles. The molecule has 2 fully saturated rings. The van der Waals surface area contributed by atoms with Gasteiger partial charge >= 0.3 is 12.0 Å². The fourth-order valence-corrected chi connectivity index (χ4v) is 4.27. The van der Waals surface area contributed by atoms with Crippen molar-refractivity contribution in [3.63, 3.8) is 0 Å². The van der Waals surface area contributed by atoms with Gasteiger partial charge in [-0.15, -0.1) is 0 Å². The number of carboxylic acid groups (broad SMARTS) is 1.